The molecule has 1 aliphatic rings. The van der Waals surface area contributed by atoms with Crippen LogP contribution >= 0.6 is 0 Å². The standard InChI is InChI=1S/C12H14N2O4/c1-17-10-6-7(2-3-8(10)13)11(15)14-9-4-5-18-12(9)16/h2-3,6,9H,4-5,13H2,1H3,(H,14,15). The Labute approximate surface area is 104 Å². The summed E-state index contributed by atoms with van der Waals surface area (Å²) in [6.07, 6.45) is 0.497. The second-order valence-corrected chi connectivity index (χ2v) is 3.94. The lowest BCUT2D eigenvalue weighted by atomic mass is 10.1. The molecule has 1 amide bonds. The van der Waals surface area contributed by atoms with Crippen LogP contribution < -0.4 is 15.8 Å². The molecule has 1 aromatic rings. The molecule has 1 saturated heterocycles. The lowest BCUT2D eigenvalue weighted by molar-refractivity contribution is -0.139. The van der Waals surface area contributed by atoms with E-state index in [0.717, 1.165) is 0 Å². The molecule has 96 valence electrons. The molecule has 6 heteroatoms. The van der Waals surface area contributed by atoms with Crippen molar-refractivity contribution in [2.45, 2.75) is 12.5 Å². The Balaban J connectivity index is 2.11. The predicted octanol–water partition coefficient (Wildman–Crippen LogP) is 0.323. The fraction of sp³-hybridized carbons (Fsp3) is 0.333. The van der Waals surface area contributed by atoms with Crippen molar-refractivity contribution < 1.29 is 19.1 Å². The minimum atomic E-state index is -0.568. The van der Waals surface area contributed by atoms with E-state index in [-0.39, 0.29) is 5.91 Å². The minimum absolute atomic E-state index is 0.342. The maximum atomic E-state index is 11.9. The molecule has 0 bridgehead atoms. The van der Waals surface area contributed by atoms with Gasteiger partial charge in [-0.15, -0.1) is 0 Å². The van der Waals surface area contributed by atoms with Crippen LogP contribution in [0.25, 0.3) is 0 Å². The zero-order valence-corrected chi connectivity index (χ0v) is 9.93. The summed E-state index contributed by atoms with van der Waals surface area (Å²) in [5.41, 5.74) is 6.50. The Hall–Kier alpha value is -2.24. The summed E-state index contributed by atoms with van der Waals surface area (Å²) in [6.45, 7) is 0.342. The van der Waals surface area contributed by atoms with Crippen LogP contribution in [0.15, 0.2) is 18.2 Å². The molecule has 1 aliphatic heterocycles. The highest BCUT2D eigenvalue weighted by Crippen LogP contribution is 2.22. The lowest BCUT2D eigenvalue weighted by Gasteiger charge is -2.10. The number of benzene rings is 1. The van der Waals surface area contributed by atoms with E-state index >= 15 is 0 Å². The normalized spacial score (nSPS) is 18.3. The van der Waals surface area contributed by atoms with Gasteiger partial charge in [0.1, 0.15) is 11.8 Å². The molecule has 0 saturated carbocycles. The molecule has 1 atom stereocenters. The molecule has 1 aromatic carbocycles. The number of esters is 1. The van der Waals surface area contributed by atoms with Gasteiger partial charge in [0.15, 0.2) is 0 Å². The number of anilines is 1. The highest BCUT2D eigenvalue weighted by Gasteiger charge is 2.28. The quantitative estimate of drug-likeness (QED) is 0.595. The molecule has 1 heterocycles. The number of nitrogens with two attached hydrogens (primary N) is 1. The van der Waals surface area contributed by atoms with Crippen molar-refractivity contribution >= 4 is 17.6 Å². The van der Waals surface area contributed by atoms with Gasteiger partial charge in [-0.1, -0.05) is 0 Å². The Kier molecular flexibility index (Phi) is 3.36. The van der Waals surface area contributed by atoms with Crippen LogP contribution in [0, 0.1) is 0 Å². The predicted molar refractivity (Wildman–Crippen MR) is 64.2 cm³/mol. The number of rotatable bonds is 3. The average molecular weight is 250 g/mol. The third-order valence-electron chi connectivity index (χ3n) is 2.74. The summed E-state index contributed by atoms with van der Waals surface area (Å²) >= 11 is 0. The lowest BCUT2D eigenvalue weighted by Crippen LogP contribution is -2.37. The SMILES string of the molecule is COc1cc(C(=O)NC2CCOC2=O)ccc1N. The number of nitrogen functional groups attached to an aromatic ring is 1. The van der Waals surface area contributed by atoms with Crippen molar-refractivity contribution in [2.75, 3.05) is 19.5 Å². The fourth-order valence-electron chi connectivity index (χ4n) is 1.72. The molecular weight excluding hydrogens is 236 g/mol. The first-order valence-electron chi connectivity index (χ1n) is 5.53. The Morgan fingerprint density at radius 1 is 1.56 bits per heavy atom. The number of nitrogens with one attached hydrogen (secondary N) is 1. The van der Waals surface area contributed by atoms with Gasteiger partial charge in [-0.3, -0.25) is 4.79 Å². The first kappa shape index (κ1) is 12.2. The molecular formula is C12H14N2O4. The van der Waals surface area contributed by atoms with Crippen molar-refractivity contribution in [3.8, 4) is 5.75 Å². The van der Waals surface area contributed by atoms with Crippen molar-refractivity contribution in [3.63, 3.8) is 0 Å². The van der Waals surface area contributed by atoms with Crippen molar-refractivity contribution in [2.24, 2.45) is 0 Å². The molecule has 1 fully saturated rings. The zero-order chi connectivity index (χ0) is 13.1. The number of methoxy groups -OCH3 is 1. The van der Waals surface area contributed by atoms with Crippen LogP contribution in [0.5, 0.6) is 5.75 Å². The maximum Gasteiger partial charge on any atom is 0.328 e. The van der Waals surface area contributed by atoms with Crippen LogP contribution in [0.1, 0.15) is 16.8 Å². The van der Waals surface area contributed by atoms with Gasteiger partial charge < -0.3 is 20.5 Å². The third-order valence-corrected chi connectivity index (χ3v) is 2.74. The number of hydrogen-bond donors (Lipinski definition) is 2. The largest absolute Gasteiger partial charge is 0.495 e. The smallest absolute Gasteiger partial charge is 0.328 e. The second kappa shape index (κ2) is 4.95. The summed E-state index contributed by atoms with van der Waals surface area (Å²) in [6, 6.07) is 4.13. The molecule has 6 nitrogen and oxygen atoms in total. The van der Waals surface area contributed by atoms with E-state index in [1.807, 2.05) is 0 Å². The molecule has 0 radical (unpaired) electrons. The summed E-state index contributed by atoms with van der Waals surface area (Å²) < 4.78 is 9.80. The van der Waals surface area contributed by atoms with Crippen LogP contribution in [-0.4, -0.2) is 31.6 Å². The van der Waals surface area contributed by atoms with Gasteiger partial charge in [0, 0.05) is 12.0 Å². The van der Waals surface area contributed by atoms with Gasteiger partial charge in [-0.05, 0) is 18.2 Å². The number of ether oxygens (including phenoxy) is 2. The first-order valence-corrected chi connectivity index (χ1v) is 5.53. The summed E-state index contributed by atoms with van der Waals surface area (Å²) in [5.74, 6) is -0.320. The van der Waals surface area contributed by atoms with E-state index in [4.69, 9.17) is 15.2 Å². The summed E-state index contributed by atoms with van der Waals surface area (Å²) in [4.78, 5) is 23.1. The third kappa shape index (κ3) is 2.37. The highest BCUT2D eigenvalue weighted by molar-refractivity contribution is 5.97. The topological polar surface area (TPSA) is 90.6 Å². The van der Waals surface area contributed by atoms with Crippen LogP contribution in [0.3, 0.4) is 0 Å². The molecule has 0 aromatic heterocycles. The average Bonchev–Trinajstić information content (AvgIpc) is 2.75. The maximum absolute atomic E-state index is 11.9. The Bertz CT molecular complexity index is 487. The fourth-order valence-corrected chi connectivity index (χ4v) is 1.72. The second-order valence-electron chi connectivity index (χ2n) is 3.94. The molecule has 2 rings (SSSR count). The Morgan fingerprint density at radius 2 is 2.33 bits per heavy atom. The Morgan fingerprint density at radius 3 is 2.94 bits per heavy atom. The van der Waals surface area contributed by atoms with Crippen LogP contribution in [0.2, 0.25) is 0 Å². The molecule has 1 unspecified atom stereocenters. The highest BCUT2D eigenvalue weighted by atomic mass is 16.5. The monoisotopic (exact) mass is 250 g/mol. The van der Waals surface area contributed by atoms with E-state index < -0.39 is 12.0 Å². The van der Waals surface area contributed by atoms with E-state index in [1.54, 1.807) is 12.1 Å². The number of amides is 1. The van der Waals surface area contributed by atoms with E-state index in [2.05, 4.69) is 5.32 Å². The van der Waals surface area contributed by atoms with Gasteiger partial charge in [0.05, 0.1) is 19.4 Å². The van der Waals surface area contributed by atoms with Crippen molar-refractivity contribution in [3.05, 3.63) is 23.8 Å². The molecule has 18 heavy (non-hydrogen) atoms. The number of hydrogen-bond acceptors (Lipinski definition) is 5. The van der Waals surface area contributed by atoms with E-state index in [1.165, 1.54) is 13.2 Å². The molecule has 0 aliphatic carbocycles. The number of cyclic esters (lactones) is 1. The summed E-state index contributed by atoms with van der Waals surface area (Å²) in [7, 11) is 1.47. The van der Waals surface area contributed by atoms with Crippen molar-refractivity contribution in [1.29, 1.82) is 0 Å². The van der Waals surface area contributed by atoms with Crippen molar-refractivity contribution in [1.82, 2.24) is 5.32 Å². The van der Waals surface area contributed by atoms with Gasteiger partial charge in [0.25, 0.3) is 5.91 Å². The zero-order valence-electron chi connectivity index (χ0n) is 9.93. The van der Waals surface area contributed by atoms with E-state index in [0.29, 0.717) is 30.0 Å². The number of carbonyl (C=O) groups is 2. The molecule has 3 N–H and O–H groups in total. The minimum Gasteiger partial charge on any atom is -0.495 e. The van der Waals surface area contributed by atoms with Crippen LogP contribution in [0.4, 0.5) is 5.69 Å². The number of carbonyl (C=O) groups excluding carboxylic acids is 2. The molecule has 0 spiro atoms. The van der Waals surface area contributed by atoms with Gasteiger partial charge in [-0.2, -0.15) is 0 Å². The first-order chi connectivity index (χ1) is 8.61. The van der Waals surface area contributed by atoms with E-state index in [9.17, 15) is 9.59 Å². The summed E-state index contributed by atoms with van der Waals surface area (Å²) in [5, 5.41) is 2.61. The van der Waals surface area contributed by atoms with Gasteiger partial charge in [0.2, 0.25) is 0 Å². The van der Waals surface area contributed by atoms with Gasteiger partial charge >= 0.3 is 5.97 Å². The van der Waals surface area contributed by atoms with Crippen LogP contribution in [-0.2, 0) is 9.53 Å². The van der Waals surface area contributed by atoms with Gasteiger partial charge in [-0.25, -0.2) is 4.79 Å².